The van der Waals surface area contributed by atoms with Gasteiger partial charge in [0.25, 0.3) is 5.95 Å². The third-order valence-electron chi connectivity index (χ3n) is 8.84. The fourth-order valence-electron chi connectivity index (χ4n) is 6.62. The minimum Gasteiger partial charge on any atom is -0.494 e. The van der Waals surface area contributed by atoms with Crippen molar-refractivity contribution in [2.45, 2.75) is 84.7 Å². The van der Waals surface area contributed by atoms with Crippen LogP contribution in [-0.2, 0) is 22.3 Å². The van der Waals surface area contributed by atoms with E-state index in [4.69, 9.17) is 23.6 Å². The summed E-state index contributed by atoms with van der Waals surface area (Å²) in [5.41, 5.74) is 5.15. The van der Waals surface area contributed by atoms with E-state index in [9.17, 15) is 4.79 Å². The molecular formula is C37H48N6O5Si. The Bertz CT molecular complexity index is 1780. The standard InChI is InChI=1S/C37H48N6O5Si/c1-8-45-36(44)31-21-39-43(23-31)37-40-34-33(35(41-37)47-24-30-13-10-9-11-14-30)42(25-38-34)22-29-15-17-32(18-16-29)46-19-12-20-48-49(26(2)3,27(4)5)28(6)7/h9-11,13-18,21,23,25-28H,8,12,19-20,22,24H2,1-7H3. The molecule has 2 aromatic carbocycles. The average molecular weight is 685 g/mol. The number of fused-ring (bicyclic) bond motifs is 1. The number of rotatable bonds is 17. The van der Waals surface area contributed by atoms with Crippen LogP contribution in [0.25, 0.3) is 17.1 Å². The van der Waals surface area contributed by atoms with Crippen LogP contribution >= 0.6 is 0 Å². The van der Waals surface area contributed by atoms with Gasteiger partial charge >= 0.3 is 5.97 Å². The van der Waals surface area contributed by atoms with Crippen LogP contribution in [0.15, 0.2) is 73.3 Å². The second-order valence-corrected chi connectivity index (χ2v) is 18.5. The van der Waals surface area contributed by atoms with Gasteiger partial charge in [0.1, 0.15) is 12.4 Å². The van der Waals surface area contributed by atoms with E-state index in [0.717, 1.165) is 29.9 Å². The van der Waals surface area contributed by atoms with Crippen molar-refractivity contribution < 1.29 is 23.4 Å². The topological polar surface area (TPSA) is 115 Å². The van der Waals surface area contributed by atoms with Crippen LogP contribution in [-0.4, -0.2) is 63.4 Å². The number of benzene rings is 2. The van der Waals surface area contributed by atoms with Crippen molar-refractivity contribution in [3.05, 3.63) is 90.0 Å². The van der Waals surface area contributed by atoms with Crippen molar-refractivity contribution in [3.8, 4) is 17.6 Å². The maximum atomic E-state index is 12.2. The molecule has 3 aromatic heterocycles. The molecule has 0 atom stereocenters. The van der Waals surface area contributed by atoms with Gasteiger partial charge in [0, 0.05) is 25.8 Å². The van der Waals surface area contributed by atoms with Crippen LogP contribution in [0.1, 0.15) is 76.4 Å². The SMILES string of the molecule is CCOC(=O)c1cnn(-c2nc(OCc3ccccc3)c3c(ncn3Cc3ccc(OCCCO[Si](C(C)C)(C(C)C)C(C)C)cc3)n2)c1. The molecule has 0 saturated carbocycles. The molecule has 260 valence electrons. The number of hydrogen-bond acceptors (Lipinski definition) is 9. The van der Waals surface area contributed by atoms with Gasteiger partial charge in [-0.15, -0.1) is 0 Å². The van der Waals surface area contributed by atoms with E-state index >= 15 is 0 Å². The Balaban J connectivity index is 1.28. The van der Waals surface area contributed by atoms with Crippen LogP contribution < -0.4 is 9.47 Å². The number of carbonyl (C=O) groups is 1. The Labute approximate surface area is 289 Å². The number of ether oxygens (including phenoxy) is 3. The van der Waals surface area contributed by atoms with Crippen LogP contribution in [0.4, 0.5) is 0 Å². The van der Waals surface area contributed by atoms with E-state index in [1.807, 2.05) is 59.2 Å². The molecule has 0 aliphatic heterocycles. The molecule has 11 nitrogen and oxygen atoms in total. The first-order valence-corrected chi connectivity index (χ1v) is 19.2. The summed E-state index contributed by atoms with van der Waals surface area (Å²) in [5, 5.41) is 4.28. The van der Waals surface area contributed by atoms with E-state index in [1.165, 1.54) is 17.1 Å². The second-order valence-electron chi connectivity index (χ2n) is 13.1. The summed E-state index contributed by atoms with van der Waals surface area (Å²) in [7, 11) is -1.87. The predicted molar refractivity (Wildman–Crippen MR) is 192 cm³/mol. The Hall–Kier alpha value is -4.55. The summed E-state index contributed by atoms with van der Waals surface area (Å²) in [5.74, 6) is 0.943. The van der Waals surface area contributed by atoms with Crippen molar-refractivity contribution in [2.24, 2.45) is 0 Å². The van der Waals surface area contributed by atoms with Gasteiger partial charge in [-0.3, -0.25) is 0 Å². The van der Waals surface area contributed by atoms with Crippen molar-refractivity contribution in [3.63, 3.8) is 0 Å². The number of hydrogen-bond donors (Lipinski definition) is 0. The summed E-state index contributed by atoms with van der Waals surface area (Å²) in [4.78, 5) is 26.2. The number of aromatic nitrogens is 6. The molecule has 5 aromatic rings. The number of esters is 1. The van der Waals surface area contributed by atoms with Crippen LogP contribution in [0.2, 0.25) is 16.6 Å². The molecular weight excluding hydrogens is 637 g/mol. The minimum atomic E-state index is -1.87. The highest BCUT2D eigenvalue weighted by Gasteiger charge is 2.44. The zero-order valence-electron chi connectivity index (χ0n) is 29.6. The van der Waals surface area contributed by atoms with Gasteiger partial charge in [0.15, 0.2) is 19.5 Å². The molecule has 0 bridgehead atoms. The highest BCUT2D eigenvalue weighted by molar-refractivity contribution is 6.77. The zero-order chi connectivity index (χ0) is 35.0. The molecule has 0 fully saturated rings. The van der Waals surface area contributed by atoms with Gasteiger partial charge < -0.3 is 23.2 Å². The average Bonchev–Trinajstić information content (AvgIpc) is 3.74. The Kier molecular flexibility index (Phi) is 11.8. The summed E-state index contributed by atoms with van der Waals surface area (Å²) < 4.78 is 27.5. The maximum Gasteiger partial charge on any atom is 0.341 e. The molecule has 12 heteroatoms. The molecule has 0 aliphatic rings. The van der Waals surface area contributed by atoms with E-state index in [0.29, 0.717) is 59.0 Å². The minimum absolute atomic E-state index is 0.230. The summed E-state index contributed by atoms with van der Waals surface area (Å²) in [6.45, 7) is 18.0. The first-order valence-electron chi connectivity index (χ1n) is 17.1. The van der Waals surface area contributed by atoms with Gasteiger partial charge in [0.2, 0.25) is 5.88 Å². The fourth-order valence-corrected chi connectivity index (χ4v) is 12.1. The summed E-state index contributed by atoms with van der Waals surface area (Å²) in [6, 6.07) is 17.9. The molecule has 0 N–H and O–H groups in total. The molecule has 0 amide bonds. The monoisotopic (exact) mass is 684 g/mol. The van der Waals surface area contributed by atoms with Gasteiger partial charge in [-0.25, -0.2) is 14.5 Å². The van der Waals surface area contributed by atoms with Crippen LogP contribution in [0.3, 0.4) is 0 Å². The van der Waals surface area contributed by atoms with Crippen molar-refractivity contribution in [1.82, 2.24) is 29.3 Å². The summed E-state index contributed by atoms with van der Waals surface area (Å²) in [6.07, 6.45) is 5.53. The van der Waals surface area contributed by atoms with Gasteiger partial charge in [-0.05, 0) is 46.8 Å². The molecule has 5 rings (SSSR count). The smallest absolute Gasteiger partial charge is 0.341 e. The molecule has 0 saturated heterocycles. The third kappa shape index (κ3) is 8.37. The molecule has 0 unspecified atom stereocenters. The van der Waals surface area contributed by atoms with Crippen molar-refractivity contribution in [1.29, 1.82) is 0 Å². The van der Waals surface area contributed by atoms with Crippen molar-refractivity contribution in [2.75, 3.05) is 19.8 Å². The van der Waals surface area contributed by atoms with E-state index < -0.39 is 14.3 Å². The lowest BCUT2D eigenvalue weighted by Gasteiger charge is -2.42. The lowest BCUT2D eigenvalue weighted by Crippen LogP contribution is -2.48. The first-order chi connectivity index (χ1) is 23.6. The van der Waals surface area contributed by atoms with Gasteiger partial charge in [0.05, 0.1) is 31.3 Å². The van der Waals surface area contributed by atoms with E-state index in [1.54, 1.807) is 13.3 Å². The van der Waals surface area contributed by atoms with Crippen molar-refractivity contribution >= 4 is 25.5 Å². The van der Waals surface area contributed by atoms with Crippen LogP contribution in [0, 0.1) is 0 Å². The maximum absolute atomic E-state index is 12.2. The number of carbonyl (C=O) groups excluding carboxylic acids is 1. The van der Waals surface area contributed by atoms with Gasteiger partial charge in [-0.2, -0.15) is 15.1 Å². The Morgan fingerprint density at radius 2 is 1.57 bits per heavy atom. The number of nitrogens with zero attached hydrogens (tertiary/aromatic N) is 6. The highest BCUT2D eigenvalue weighted by atomic mass is 28.4. The number of imidazole rings is 1. The zero-order valence-corrected chi connectivity index (χ0v) is 30.6. The second kappa shape index (κ2) is 16.2. The normalized spacial score (nSPS) is 12.0. The lowest BCUT2D eigenvalue weighted by atomic mass is 10.2. The third-order valence-corrected chi connectivity index (χ3v) is 15.0. The quantitative estimate of drug-likeness (QED) is 0.0550. The van der Waals surface area contributed by atoms with Gasteiger partial charge in [-0.1, -0.05) is 84.0 Å². The van der Waals surface area contributed by atoms with E-state index in [2.05, 4.69) is 56.6 Å². The summed E-state index contributed by atoms with van der Waals surface area (Å²) >= 11 is 0. The molecule has 49 heavy (non-hydrogen) atoms. The molecule has 0 radical (unpaired) electrons. The molecule has 3 heterocycles. The van der Waals surface area contributed by atoms with E-state index in [-0.39, 0.29) is 12.6 Å². The Morgan fingerprint density at radius 3 is 2.24 bits per heavy atom. The predicted octanol–water partition coefficient (Wildman–Crippen LogP) is 7.78. The highest BCUT2D eigenvalue weighted by Crippen LogP contribution is 2.42. The van der Waals surface area contributed by atoms with Crippen LogP contribution in [0.5, 0.6) is 11.6 Å². The molecule has 0 spiro atoms. The first kappa shape index (κ1) is 35.7. The Morgan fingerprint density at radius 1 is 0.857 bits per heavy atom. The largest absolute Gasteiger partial charge is 0.494 e. The fraction of sp³-hybridized carbons (Fsp3) is 0.432. The molecule has 0 aliphatic carbocycles. The lowest BCUT2D eigenvalue weighted by molar-refractivity contribution is 0.0526.